The second-order valence-corrected chi connectivity index (χ2v) is 3.88. The topological polar surface area (TPSA) is 60.2 Å². The van der Waals surface area contributed by atoms with Gasteiger partial charge in [-0.3, -0.25) is 4.79 Å². The number of hydrogen-bond donors (Lipinski definition) is 1. The van der Waals surface area contributed by atoms with E-state index in [4.69, 9.17) is 5.73 Å². The van der Waals surface area contributed by atoms with Crippen LogP contribution in [0, 0.1) is 11.8 Å². The number of nitrogens with two attached hydrogens (primary N) is 1. The summed E-state index contributed by atoms with van der Waals surface area (Å²) in [5.41, 5.74) is 5.15. The third-order valence-electron chi connectivity index (χ3n) is 2.93. The molecule has 0 aromatic carbocycles. The lowest BCUT2D eigenvalue weighted by atomic mass is 9.76. The van der Waals surface area contributed by atoms with E-state index in [0.717, 1.165) is 19.1 Å². The first kappa shape index (κ1) is 10.2. The number of rotatable bonds is 4. The molecule has 2 N–H and O–H groups in total. The Morgan fingerprint density at radius 3 is 2.46 bits per heavy atom. The van der Waals surface area contributed by atoms with Crippen molar-refractivity contribution in [1.29, 1.82) is 0 Å². The van der Waals surface area contributed by atoms with Crippen molar-refractivity contribution in [3.63, 3.8) is 0 Å². The van der Waals surface area contributed by atoms with Crippen molar-refractivity contribution in [2.24, 2.45) is 17.6 Å². The number of amides is 1. The van der Waals surface area contributed by atoms with Crippen LogP contribution in [0.15, 0.2) is 0 Å². The smallest absolute Gasteiger partial charge is 0.217 e. The highest BCUT2D eigenvalue weighted by atomic mass is 16.1. The van der Waals surface area contributed by atoms with Crippen molar-refractivity contribution in [2.75, 3.05) is 0 Å². The van der Waals surface area contributed by atoms with Crippen LogP contribution >= 0.6 is 0 Å². The van der Waals surface area contributed by atoms with Gasteiger partial charge in [0.05, 0.1) is 0 Å². The molecule has 13 heavy (non-hydrogen) atoms. The summed E-state index contributed by atoms with van der Waals surface area (Å²) in [6.07, 6.45) is 6.51. The summed E-state index contributed by atoms with van der Waals surface area (Å²) >= 11 is 0. The average Bonchev–Trinajstić information content (AvgIpc) is 2.08. The summed E-state index contributed by atoms with van der Waals surface area (Å²) < 4.78 is 0. The van der Waals surface area contributed by atoms with Crippen LogP contribution in [0.2, 0.25) is 0 Å². The monoisotopic (exact) mass is 183 g/mol. The molecule has 2 unspecified atom stereocenters. The largest absolute Gasteiger partial charge is 0.370 e. The number of primary amides is 1. The van der Waals surface area contributed by atoms with Crippen LogP contribution in [0.3, 0.4) is 0 Å². The van der Waals surface area contributed by atoms with E-state index < -0.39 is 0 Å². The molecule has 1 fully saturated rings. The fraction of sp³-hybridized carbons (Fsp3) is 0.800. The first-order chi connectivity index (χ1) is 6.24. The van der Waals surface area contributed by atoms with Gasteiger partial charge >= 0.3 is 0 Å². The van der Waals surface area contributed by atoms with Crippen molar-refractivity contribution in [2.45, 2.75) is 38.5 Å². The SMILES string of the molecule is NC(=O)CC1CCCCC1CC=O. The maximum absolute atomic E-state index is 10.8. The number of carbonyl (C=O) groups is 2. The van der Waals surface area contributed by atoms with Crippen molar-refractivity contribution in [3.8, 4) is 0 Å². The van der Waals surface area contributed by atoms with Gasteiger partial charge in [0.2, 0.25) is 5.91 Å². The Balaban J connectivity index is 2.45. The van der Waals surface area contributed by atoms with Gasteiger partial charge in [0.15, 0.2) is 0 Å². The lowest BCUT2D eigenvalue weighted by Crippen LogP contribution is -2.25. The molecule has 0 aliphatic heterocycles. The lowest BCUT2D eigenvalue weighted by Gasteiger charge is -2.29. The fourth-order valence-corrected chi connectivity index (χ4v) is 2.25. The van der Waals surface area contributed by atoms with E-state index in [1.807, 2.05) is 0 Å². The third kappa shape index (κ3) is 3.17. The second kappa shape index (κ2) is 5.00. The quantitative estimate of drug-likeness (QED) is 0.667. The summed E-state index contributed by atoms with van der Waals surface area (Å²) in [5.74, 6) is 0.526. The van der Waals surface area contributed by atoms with Gasteiger partial charge in [-0.15, -0.1) is 0 Å². The van der Waals surface area contributed by atoms with Crippen LogP contribution in [-0.2, 0) is 9.59 Å². The van der Waals surface area contributed by atoms with E-state index in [9.17, 15) is 9.59 Å². The Hall–Kier alpha value is -0.860. The summed E-state index contributed by atoms with van der Waals surface area (Å²) in [4.78, 5) is 21.1. The van der Waals surface area contributed by atoms with Crippen LogP contribution in [-0.4, -0.2) is 12.2 Å². The zero-order valence-electron chi connectivity index (χ0n) is 7.87. The molecule has 0 heterocycles. The second-order valence-electron chi connectivity index (χ2n) is 3.88. The molecule has 0 spiro atoms. The van der Waals surface area contributed by atoms with Crippen LogP contribution in [0.4, 0.5) is 0 Å². The van der Waals surface area contributed by atoms with Gasteiger partial charge in [-0.1, -0.05) is 12.8 Å². The first-order valence-electron chi connectivity index (χ1n) is 4.96. The molecule has 0 aromatic heterocycles. The van der Waals surface area contributed by atoms with E-state index >= 15 is 0 Å². The molecule has 74 valence electrons. The normalized spacial score (nSPS) is 28.3. The molecule has 2 atom stereocenters. The zero-order valence-corrected chi connectivity index (χ0v) is 7.87. The predicted molar refractivity (Wildman–Crippen MR) is 49.9 cm³/mol. The van der Waals surface area contributed by atoms with Crippen LogP contribution in [0.25, 0.3) is 0 Å². The Morgan fingerprint density at radius 2 is 1.92 bits per heavy atom. The van der Waals surface area contributed by atoms with Crippen LogP contribution < -0.4 is 5.73 Å². The van der Waals surface area contributed by atoms with Gasteiger partial charge in [0.1, 0.15) is 6.29 Å². The summed E-state index contributed by atoms with van der Waals surface area (Å²) in [7, 11) is 0. The average molecular weight is 183 g/mol. The predicted octanol–water partition coefficient (Wildman–Crippen LogP) is 1.26. The van der Waals surface area contributed by atoms with Crippen molar-refractivity contribution in [3.05, 3.63) is 0 Å². The molecular formula is C10H17NO2. The van der Waals surface area contributed by atoms with Gasteiger partial charge in [-0.05, 0) is 24.7 Å². The van der Waals surface area contributed by atoms with Crippen molar-refractivity contribution >= 4 is 12.2 Å². The molecule has 3 heteroatoms. The summed E-state index contributed by atoms with van der Waals surface area (Å²) in [6, 6.07) is 0. The molecule has 1 aliphatic carbocycles. The van der Waals surface area contributed by atoms with Gasteiger partial charge in [-0.2, -0.15) is 0 Å². The minimum absolute atomic E-state index is 0.234. The standard InChI is InChI=1S/C10H17NO2/c11-10(13)7-9-4-2-1-3-8(9)5-6-12/h6,8-9H,1-5,7H2,(H2,11,13). The maximum atomic E-state index is 10.8. The highest BCUT2D eigenvalue weighted by Gasteiger charge is 2.25. The number of hydrogen-bond acceptors (Lipinski definition) is 2. The molecule has 1 amide bonds. The van der Waals surface area contributed by atoms with Gasteiger partial charge in [-0.25, -0.2) is 0 Å². The molecule has 0 radical (unpaired) electrons. The Kier molecular flexibility index (Phi) is 3.93. The third-order valence-corrected chi connectivity index (χ3v) is 2.93. The Morgan fingerprint density at radius 1 is 1.31 bits per heavy atom. The Bertz CT molecular complexity index is 191. The highest BCUT2D eigenvalue weighted by molar-refractivity contribution is 5.74. The minimum atomic E-state index is -0.234. The molecular weight excluding hydrogens is 166 g/mol. The molecule has 0 bridgehead atoms. The molecule has 1 rings (SSSR count). The number of aldehydes is 1. The van der Waals surface area contributed by atoms with Crippen LogP contribution in [0.1, 0.15) is 38.5 Å². The maximum Gasteiger partial charge on any atom is 0.217 e. The van der Waals surface area contributed by atoms with Gasteiger partial charge in [0, 0.05) is 12.8 Å². The molecule has 1 aliphatic rings. The van der Waals surface area contributed by atoms with Gasteiger partial charge in [0.25, 0.3) is 0 Å². The van der Waals surface area contributed by atoms with Crippen molar-refractivity contribution in [1.82, 2.24) is 0 Å². The lowest BCUT2D eigenvalue weighted by molar-refractivity contribution is -0.120. The number of carbonyl (C=O) groups excluding carboxylic acids is 2. The van der Waals surface area contributed by atoms with Crippen molar-refractivity contribution < 1.29 is 9.59 Å². The molecule has 3 nitrogen and oxygen atoms in total. The summed E-state index contributed by atoms with van der Waals surface area (Å²) in [5, 5.41) is 0. The highest BCUT2D eigenvalue weighted by Crippen LogP contribution is 2.33. The van der Waals surface area contributed by atoms with Gasteiger partial charge < -0.3 is 10.5 Å². The van der Waals surface area contributed by atoms with E-state index in [1.54, 1.807) is 0 Å². The van der Waals surface area contributed by atoms with E-state index in [-0.39, 0.29) is 5.91 Å². The van der Waals surface area contributed by atoms with E-state index in [2.05, 4.69) is 0 Å². The molecule has 0 saturated heterocycles. The molecule has 1 saturated carbocycles. The Labute approximate surface area is 78.7 Å². The minimum Gasteiger partial charge on any atom is -0.370 e. The fourth-order valence-electron chi connectivity index (χ4n) is 2.25. The van der Waals surface area contributed by atoms with E-state index in [1.165, 1.54) is 12.8 Å². The summed E-state index contributed by atoms with van der Waals surface area (Å²) in [6.45, 7) is 0. The first-order valence-corrected chi connectivity index (χ1v) is 4.96. The molecule has 0 aromatic rings. The van der Waals surface area contributed by atoms with Crippen LogP contribution in [0.5, 0.6) is 0 Å². The zero-order chi connectivity index (χ0) is 9.68. The van der Waals surface area contributed by atoms with E-state index in [0.29, 0.717) is 24.7 Å².